The number of pyridine rings is 1. The molecule has 0 saturated carbocycles. The molecule has 1 heterocycles. The van der Waals surface area contributed by atoms with E-state index in [9.17, 15) is 9.90 Å². The summed E-state index contributed by atoms with van der Waals surface area (Å²) in [6, 6.07) is 13.2. The number of benzene rings is 2. The third-order valence-corrected chi connectivity index (χ3v) is 6.23. The third kappa shape index (κ3) is 8.64. The molecule has 1 unspecified atom stereocenters. The van der Waals surface area contributed by atoms with Crippen LogP contribution in [0.4, 0.5) is 0 Å². The van der Waals surface area contributed by atoms with Crippen LogP contribution < -0.4 is 14.2 Å². The fraction of sp³-hybridized carbons (Fsp3) is 0.467. The second-order valence-electron chi connectivity index (χ2n) is 9.03. The summed E-state index contributed by atoms with van der Waals surface area (Å²) in [6.07, 6.45) is 8.42. The van der Waals surface area contributed by atoms with Crippen molar-refractivity contribution in [3.63, 3.8) is 0 Å². The summed E-state index contributed by atoms with van der Waals surface area (Å²) >= 11 is 0. The standard InChI is InChI=1S/C30H39NO6/c1-4-6-7-8-9-10-17-36-29-23(20-31-27-16-15-25(34-3)19-26(27)29)21-37-24-13-11-22(12-14-24)18-28(30(32)33)35-5-2/h11-16,19-20,28H,4-10,17-18,21H2,1-3H3,(H,32,33). The van der Waals surface area contributed by atoms with Crippen molar-refractivity contribution >= 4 is 16.9 Å². The van der Waals surface area contributed by atoms with Gasteiger partial charge in [0.1, 0.15) is 23.9 Å². The molecule has 2 aromatic carbocycles. The lowest BCUT2D eigenvalue weighted by atomic mass is 10.1. The van der Waals surface area contributed by atoms with Gasteiger partial charge in [0.2, 0.25) is 0 Å². The Bertz CT molecular complexity index is 1120. The Morgan fingerprint density at radius 3 is 2.38 bits per heavy atom. The maximum absolute atomic E-state index is 11.4. The van der Waals surface area contributed by atoms with Gasteiger partial charge in [-0.25, -0.2) is 4.79 Å². The van der Waals surface area contributed by atoms with Gasteiger partial charge in [-0.3, -0.25) is 4.98 Å². The zero-order chi connectivity index (χ0) is 26.5. The van der Waals surface area contributed by atoms with Crippen LogP contribution in [-0.2, 0) is 22.6 Å². The largest absolute Gasteiger partial charge is 0.497 e. The number of ether oxygens (including phenoxy) is 4. The van der Waals surface area contributed by atoms with Crippen molar-refractivity contribution in [1.82, 2.24) is 4.98 Å². The Kier molecular flexibility index (Phi) is 11.5. The lowest BCUT2D eigenvalue weighted by molar-refractivity contribution is -0.149. The number of carboxylic acid groups (broad SMARTS) is 1. The average molecular weight is 510 g/mol. The van der Waals surface area contributed by atoms with Crippen molar-refractivity contribution in [2.45, 2.75) is 71.5 Å². The van der Waals surface area contributed by atoms with Crippen molar-refractivity contribution in [2.24, 2.45) is 0 Å². The van der Waals surface area contributed by atoms with Crippen LogP contribution in [-0.4, -0.2) is 42.5 Å². The number of rotatable bonds is 17. The van der Waals surface area contributed by atoms with Crippen LogP contribution in [0.1, 0.15) is 63.5 Å². The second kappa shape index (κ2) is 15.1. The Labute approximate surface area is 219 Å². The molecule has 3 rings (SSSR count). The summed E-state index contributed by atoms with van der Waals surface area (Å²) < 4.78 is 23.1. The van der Waals surface area contributed by atoms with Gasteiger partial charge in [0.25, 0.3) is 0 Å². The minimum absolute atomic E-state index is 0.294. The molecule has 0 spiro atoms. The van der Waals surface area contributed by atoms with Gasteiger partial charge in [-0.15, -0.1) is 0 Å². The number of hydrogen-bond donors (Lipinski definition) is 1. The SMILES string of the molecule is CCCCCCCCOc1c(COc2ccc(CC(OCC)C(=O)O)cc2)cnc2ccc(OC)cc12. The highest BCUT2D eigenvalue weighted by Crippen LogP contribution is 2.32. The molecule has 0 aliphatic heterocycles. The molecule has 0 fully saturated rings. The predicted molar refractivity (Wildman–Crippen MR) is 145 cm³/mol. The second-order valence-corrected chi connectivity index (χ2v) is 9.03. The van der Waals surface area contributed by atoms with Crippen molar-refractivity contribution in [2.75, 3.05) is 20.3 Å². The van der Waals surface area contributed by atoms with Crippen LogP contribution in [0.15, 0.2) is 48.7 Å². The molecule has 0 aliphatic carbocycles. The summed E-state index contributed by atoms with van der Waals surface area (Å²) in [5.74, 6) is 1.24. The minimum atomic E-state index is -0.962. The topological polar surface area (TPSA) is 87.1 Å². The lowest BCUT2D eigenvalue weighted by Crippen LogP contribution is -2.26. The van der Waals surface area contributed by atoms with Crippen LogP contribution in [0.5, 0.6) is 17.2 Å². The molecule has 0 amide bonds. The molecule has 37 heavy (non-hydrogen) atoms. The van der Waals surface area contributed by atoms with Crippen LogP contribution >= 0.6 is 0 Å². The van der Waals surface area contributed by atoms with Crippen LogP contribution in [0.2, 0.25) is 0 Å². The molecule has 1 N–H and O–H groups in total. The van der Waals surface area contributed by atoms with E-state index in [0.717, 1.165) is 46.4 Å². The maximum Gasteiger partial charge on any atom is 0.333 e. The maximum atomic E-state index is 11.4. The van der Waals surface area contributed by atoms with E-state index in [1.165, 1.54) is 25.7 Å². The first kappa shape index (κ1) is 28.3. The fourth-order valence-electron chi connectivity index (χ4n) is 4.16. The predicted octanol–water partition coefficient (Wildman–Crippen LogP) is 6.59. The number of aliphatic carboxylic acids is 1. The number of hydrogen-bond acceptors (Lipinski definition) is 6. The summed E-state index contributed by atoms with van der Waals surface area (Å²) in [4.78, 5) is 16.0. The number of unbranched alkanes of at least 4 members (excludes halogenated alkanes) is 5. The van der Waals surface area contributed by atoms with E-state index in [1.807, 2.05) is 42.5 Å². The zero-order valence-corrected chi connectivity index (χ0v) is 22.2. The van der Waals surface area contributed by atoms with E-state index in [0.29, 0.717) is 32.0 Å². The molecular formula is C30H39NO6. The Hall–Kier alpha value is -3.32. The van der Waals surface area contributed by atoms with E-state index < -0.39 is 12.1 Å². The van der Waals surface area contributed by atoms with Gasteiger partial charge in [-0.05, 0) is 49.2 Å². The first-order valence-electron chi connectivity index (χ1n) is 13.2. The number of carboxylic acids is 1. The minimum Gasteiger partial charge on any atom is -0.497 e. The molecular weight excluding hydrogens is 470 g/mol. The first-order valence-corrected chi connectivity index (χ1v) is 13.2. The monoisotopic (exact) mass is 509 g/mol. The molecule has 0 aliphatic rings. The van der Waals surface area contributed by atoms with Gasteiger partial charge in [0.05, 0.1) is 24.8 Å². The molecule has 3 aromatic rings. The van der Waals surface area contributed by atoms with Gasteiger partial charge in [0, 0.05) is 24.6 Å². The van der Waals surface area contributed by atoms with E-state index in [4.69, 9.17) is 18.9 Å². The van der Waals surface area contributed by atoms with Crippen molar-refractivity contribution < 1.29 is 28.8 Å². The number of methoxy groups -OCH3 is 1. The Morgan fingerprint density at radius 1 is 0.946 bits per heavy atom. The van der Waals surface area contributed by atoms with Gasteiger partial charge < -0.3 is 24.1 Å². The quantitative estimate of drug-likeness (QED) is 0.205. The van der Waals surface area contributed by atoms with Gasteiger partial charge in [0.15, 0.2) is 6.10 Å². The molecule has 0 radical (unpaired) electrons. The number of aromatic nitrogens is 1. The van der Waals surface area contributed by atoms with Gasteiger partial charge in [-0.1, -0.05) is 51.2 Å². The number of nitrogens with zero attached hydrogens (tertiary/aromatic N) is 1. The van der Waals surface area contributed by atoms with Gasteiger partial charge >= 0.3 is 5.97 Å². The highest BCUT2D eigenvalue weighted by atomic mass is 16.5. The highest BCUT2D eigenvalue weighted by Gasteiger charge is 2.18. The molecule has 200 valence electrons. The molecule has 0 bridgehead atoms. The van der Waals surface area contributed by atoms with Gasteiger partial charge in [-0.2, -0.15) is 0 Å². The molecule has 0 saturated heterocycles. The highest BCUT2D eigenvalue weighted by molar-refractivity contribution is 5.87. The zero-order valence-electron chi connectivity index (χ0n) is 22.2. The Balaban J connectivity index is 1.69. The summed E-state index contributed by atoms with van der Waals surface area (Å²) in [7, 11) is 1.65. The summed E-state index contributed by atoms with van der Waals surface area (Å²) in [5.41, 5.74) is 2.57. The van der Waals surface area contributed by atoms with E-state index in [-0.39, 0.29) is 0 Å². The van der Waals surface area contributed by atoms with Crippen molar-refractivity contribution in [3.05, 3.63) is 59.8 Å². The van der Waals surface area contributed by atoms with Crippen LogP contribution in [0.25, 0.3) is 10.9 Å². The molecule has 1 aromatic heterocycles. The van der Waals surface area contributed by atoms with E-state index in [1.54, 1.807) is 20.2 Å². The number of fused-ring (bicyclic) bond motifs is 1. The molecule has 7 nitrogen and oxygen atoms in total. The van der Waals surface area contributed by atoms with Crippen LogP contribution in [0, 0.1) is 0 Å². The van der Waals surface area contributed by atoms with Crippen molar-refractivity contribution in [1.29, 1.82) is 0 Å². The van der Waals surface area contributed by atoms with Crippen LogP contribution in [0.3, 0.4) is 0 Å². The first-order chi connectivity index (χ1) is 18.0. The summed E-state index contributed by atoms with van der Waals surface area (Å²) in [5, 5.41) is 10.2. The Morgan fingerprint density at radius 2 is 1.68 bits per heavy atom. The van der Waals surface area contributed by atoms with E-state index >= 15 is 0 Å². The molecule has 7 heteroatoms. The lowest BCUT2D eigenvalue weighted by Gasteiger charge is -2.16. The number of carbonyl (C=O) groups is 1. The smallest absolute Gasteiger partial charge is 0.333 e. The third-order valence-electron chi connectivity index (χ3n) is 6.23. The average Bonchev–Trinajstić information content (AvgIpc) is 2.91. The van der Waals surface area contributed by atoms with Crippen molar-refractivity contribution in [3.8, 4) is 17.2 Å². The normalized spacial score (nSPS) is 11.9. The summed E-state index contributed by atoms with van der Waals surface area (Å²) in [6.45, 7) is 5.29. The van der Waals surface area contributed by atoms with E-state index in [2.05, 4.69) is 11.9 Å². The molecule has 1 atom stereocenters. The fourth-order valence-corrected chi connectivity index (χ4v) is 4.16.